The Balaban J connectivity index is 0.000000365. The third kappa shape index (κ3) is 11.7. The molecule has 0 saturated heterocycles. The van der Waals surface area contributed by atoms with Gasteiger partial charge >= 0.3 is 0 Å². The Labute approximate surface area is 219 Å². The molecule has 0 spiro atoms. The minimum absolute atomic E-state index is 0.0320. The number of carbonyl (C=O) groups excluding carboxylic acids is 1. The maximum absolute atomic E-state index is 12.1. The summed E-state index contributed by atoms with van der Waals surface area (Å²) < 4.78 is 5.36. The maximum Gasteiger partial charge on any atom is 0.242 e. The van der Waals surface area contributed by atoms with Gasteiger partial charge in [-0.2, -0.15) is 15.0 Å². The quantitative estimate of drug-likeness (QED) is 0.303. The zero-order valence-corrected chi connectivity index (χ0v) is 23.3. The Hall–Kier alpha value is -2.42. The van der Waals surface area contributed by atoms with Crippen LogP contribution in [0.1, 0.15) is 54.0 Å². The van der Waals surface area contributed by atoms with E-state index >= 15 is 0 Å². The Morgan fingerprint density at radius 3 is 2.20 bits per heavy atom. The van der Waals surface area contributed by atoms with Crippen LogP contribution in [0.4, 0.5) is 11.9 Å². The van der Waals surface area contributed by atoms with Gasteiger partial charge in [-0.3, -0.25) is 4.79 Å². The van der Waals surface area contributed by atoms with E-state index in [2.05, 4.69) is 25.6 Å². The number of hydrogen-bond donors (Lipinski definition) is 2. The normalized spacial score (nSPS) is 10.7. The Kier molecular flexibility index (Phi) is 13.6. The number of aromatic nitrogens is 3. The van der Waals surface area contributed by atoms with Gasteiger partial charge < -0.3 is 20.3 Å². The van der Waals surface area contributed by atoms with Gasteiger partial charge in [0.15, 0.2) is 0 Å². The summed E-state index contributed by atoms with van der Waals surface area (Å²) >= 11 is 11.5. The van der Waals surface area contributed by atoms with Gasteiger partial charge in [0.25, 0.3) is 0 Å². The number of hydrogen-bond acceptors (Lipinski definition) is 7. The van der Waals surface area contributed by atoms with Crippen LogP contribution in [0.5, 0.6) is 0 Å². The van der Waals surface area contributed by atoms with E-state index in [0.717, 1.165) is 23.4 Å². The Bertz CT molecular complexity index is 945. The lowest BCUT2D eigenvalue weighted by Crippen LogP contribution is -2.34. The van der Waals surface area contributed by atoms with Crippen LogP contribution in [-0.2, 0) is 9.53 Å². The number of alkyl halides is 1. The average molecular weight is 526 g/mol. The van der Waals surface area contributed by atoms with Crippen molar-refractivity contribution in [2.45, 2.75) is 54.0 Å². The van der Waals surface area contributed by atoms with E-state index in [9.17, 15) is 4.79 Å². The van der Waals surface area contributed by atoms with Gasteiger partial charge in [0.2, 0.25) is 23.1 Å². The monoisotopic (exact) mass is 524 g/mol. The Morgan fingerprint density at radius 1 is 1.06 bits per heavy atom. The molecule has 8 nitrogen and oxygen atoms in total. The summed E-state index contributed by atoms with van der Waals surface area (Å²) in [5.41, 5.74) is 2.90. The van der Waals surface area contributed by atoms with Crippen molar-refractivity contribution in [2.75, 3.05) is 42.8 Å². The number of amides is 1. The molecule has 2 N–H and O–H groups in total. The summed E-state index contributed by atoms with van der Waals surface area (Å²) in [4.78, 5) is 26.0. The smallest absolute Gasteiger partial charge is 0.242 e. The van der Waals surface area contributed by atoms with Gasteiger partial charge in [0, 0.05) is 30.9 Å². The van der Waals surface area contributed by atoms with Crippen LogP contribution >= 0.6 is 23.2 Å². The molecule has 0 aliphatic heterocycles. The van der Waals surface area contributed by atoms with Crippen molar-refractivity contribution >= 4 is 46.7 Å². The topological polar surface area (TPSA) is 92.3 Å². The van der Waals surface area contributed by atoms with Crippen LogP contribution in [0, 0.1) is 0 Å². The van der Waals surface area contributed by atoms with Crippen LogP contribution in [0.2, 0.25) is 5.28 Å². The molecule has 0 atom stereocenters. The molecule has 1 aromatic carbocycles. The highest BCUT2D eigenvalue weighted by Crippen LogP contribution is 2.23. The lowest BCUT2D eigenvalue weighted by molar-refractivity contribution is -0.125. The van der Waals surface area contributed by atoms with Crippen LogP contribution in [0.3, 0.4) is 0 Å². The molecule has 1 aromatic heterocycles. The number of anilines is 2. The maximum atomic E-state index is 12.1. The highest BCUT2D eigenvalue weighted by Gasteiger charge is 2.19. The van der Waals surface area contributed by atoms with Crippen LogP contribution < -0.4 is 10.6 Å². The van der Waals surface area contributed by atoms with Gasteiger partial charge in [-0.1, -0.05) is 35.9 Å². The first kappa shape index (κ1) is 30.6. The molecule has 10 heteroatoms. The minimum Gasteiger partial charge on any atom is -0.380 e. The zero-order valence-electron chi connectivity index (χ0n) is 21.8. The molecule has 0 saturated carbocycles. The number of rotatable bonds is 10. The molecule has 1 heterocycles. The first-order chi connectivity index (χ1) is 16.5. The fourth-order valence-electron chi connectivity index (χ4n) is 3.02. The second-order valence-corrected chi connectivity index (χ2v) is 9.35. The number of nitrogens with one attached hydrogen (secondary N) is 2. The molecule has 35 heavy (non-hydrogen) atoms. The summed E-state index contributed by atoms with van der Waals surface area (Å²) in [6, 6.07) is 9.88. The van der Waals surface area contributed by atoms with Crippen molar-refractivity contribution in [2.24, 2.45) is 0 Å². The highest BCUT2D eigenvalue weighted by atomic mass is 35.5. The van der Waals surface area contributed by atoms with E-state index in [1.54, 1.807) is 4.90 Å². The van der Waals surface area contributed by atoms with Gasteiger partial charge in [-0.25, -0.2) is 0 Å². The summed E-state index contributed by atoms with van der Waals surface area (Å²) in [5.74, 6) is 0.838. The molecule has 0 aliphatic rings. The first-order valence-electron chi connectivity index (χ1n) is 11.6. The van der Waals surface area contributed by atoms with E-state index in [-0.39, 0.29) is 22.6 Å². The number of ether oxygens (including phenoxy) is 1. The molecule has 0 aliphatic carbocycles. The van der Waals surface area contributed by atoms with Crippen molar-refractivity contribution in [3.05, 3.63) is 46.8 Å². The number of allylic oxidation sites excluding steroid dienone is 1. The predicted octanol–water partition coefficient (Wildman–Crippen LogP) is 5.71. The standard InChI is InChI=1S/C16H22ClNO2.C9H16ClN5/c1-4-20-11-10-18(15(19)12-17)16(13(2)3)14-8-6-5-7-9-14;1-5-11-7-12-6(10)13-8(14-7)15-9(2,3)4/h5-9H,4,10-12H2,1-3H3;5H2,1-4H3,(H2,11,12,13,14,15). The van der Waals surface area contributed by atoms with E-state index in [1.807, 2.05) is 78.8 Å². The minimum atomic E-state index is -0.105. The molecule has 2 rings (SSSR count). The fourth-order valence-corrected chi connectivity index (χ4v) is 3.33. The number of benzene rings is 1. The number of nitrogens with zero attached hydrogens (tertiary/aromatic N) is 4. The molecule has 0 bridgehead atoms. The van der Waals surface area contributed by atoms with Gasteiger partial charge in [0.05, 0.1) is 6.61 Å². The van der Waals surface area contributed by atoms with Crippen molar-refractivity contribution in [1.29, 1.82) is 0 Å². The lowest BCUT2D eigenvalue weighted by Gasteiger charge is -2.26. The molecule has 0 radical (unpaired) electrons. The summed E-state index contributed by atoms with van der Waals surface area (Å²) in [6.07, 6.45) is 0. The molecule has 0 fully saturated rings. The molecule has 2 aromatic rings. The van der Waals surface area contributed by atoms with E-state index in [4.69, 9.17) is 27.9 Å². The fraction of sp³-hybridized carbons (Fsp3) is 0.520. The van der Waals surface area contributed by atoms with Crippen molar-refractivity contribution in [1.82, 2.24) is 19.9 Å². The van der Waals surface area contributed by atoms with E-state index in [0.29, 0.717) is 31.7 Å². The van der Waals surface area contributed by atoms with Gasteiger partial charge in [0.1, 0.15) is 5.88 Å². The first-order valence-corrected chi connectivity index (χ1v) is 12.5. The molecule has 1 amide bonds. The second kappa shape index (κ2) is 15.5. The average Bonchev–Trinajstić information content (AvgIpc) is 2.77. The molecule has 194 valence electrons. The highest BCUT2D eigenvalue weighted by molar-refractivity contribution is 6.28. The van der Waals surface area contributed by atoms with Crippen molar-refractivity contribution in [3.8, 4) is 0 Å². The van der Waals surface area contributed by atoms with Gasteiger partial charge in [-0.15, -0.1) is 11.6 Å². The van der Waals surface area contributed by atoms with E-state index in [1.165, 1.54) is 0 Å². The summed E-state index contributed by atoms with van der Waals surface area (Å²) in [7, 11) is 0. The summed E-state index contributed by atoms with van der Waals surface area (Å²) in [5, 5.41) is 6.31. The zero-order chi connectivity index (χ0) is 26.4. The van der Waals surface area contributed by atoms with Crippen LogP contribution in [-0.4, -0.2) is 63.5 Å². The van der Waals surface area contributed by atoms with E-state index < -0.39 is 0 Å². The predicted molar refractivity (Wildman–Crippen MR) is 146 cm³/mol. The lowest BCUT2D eigenvalue weighted by atomic mass is 10.1. The number of carbonyl (C=O) groups is 1. The number of halogens is 2. The van der Waals surface area contributed by atoms with Gasteiger partial charge in [-0.05, 0) is 65.6 Å². The molecular weight excluding hydrogens is 487 g/mol. The third-order valence-corrected chi connectivity index (χ3v) is 4.70. The SMILES string of the molecule is CCNc1nc(Cl)nc(NC(C)(C)C)n1.CCOCCN(C(=O)CCl)C(=C(C)C)c1ccccc1. The van der Waals surface area contributed by atoms with Crippen molar-refractivity contribution in [3.63, 3.8) is 0 Å². The Morgan fingerprint density at radius 2 is 1.69 bits per heavy atom. The summed E-state index contributed by atoms with van der Waals surface area (Å²) in [6.45, 7) is 16.4. The van der Waals surface area contributed by atoms with Crippen molar-refractivity contribution < 1.29 is 9.53 Å². The van der Waals surface area contributed by atoms with Crippen LogP contribution in [0.25, 0.3) is 5.70 Å². The molecular formula is C25H38Cl2N6O2. The van der Waals surface area contributed by atoms with Crippen LogP contribution in [0.15, 0.2) is 35.9 Å². The second-order valence-electron chi connectivity index (χ2n) is 8.75. The largest absolute Gasteiger partial charge is 0.380 e. The third-order valence-electron chi connectivity index (χ3n) is 4.30. The molecule has 0 unspecified atom stereocenters.